The van der Waals surface area contributed by atoms with Crippen molar-refractivity contribution in [3.05, 3.63) is 72.2 Å². The van der Waals surface area contributed by atoms with Crippen LogP contribution in [-0.2, 0) is 0 Å². The highest BCUT2D eigenvalue weighted by molar-refractivity contribution is 5.93. The van der Waals surface area contributed by atoms with Gasteiger partial charge in [0.15, 0.2) is 11.6 Å². The fraction of sp³-hybridized carbons (Fsp3) is 0.292. The van der Waals surface area contributed by atoms with E-state index in [1.54, 1.807) is 25.1 Å². The highest BCUT2D eigenvalue weighted by Gasteiger charge is 2.30. The molecule has 0 saturated heterocycles. The molecule has 4 nitrogen and oxygen atoms in total. The number of hydrogen-bond acceptors (Lipinski definition) is 4. The van der Waals surface area contributed by atoms with Crippen molar-refractivity contribution in [3.63, 3.8) is 0 Å². The number of ketones is 1. The maximum atomic E-state index is 13.7. The molecule has 0 fully saturated rings. The maximum Gasteiger partial charge on any atom is 0.397 e. The van der Waals surface area contributed by atoms with Crippen molar-refractivity contribution in [3.8, 4) is 17.0 Å². The molecule has 1 aromatic carbocycles. The van der Waals surface area contributed by atoms with E-state index in [-0.39, 0.29) is 18.0 Å². The molecule has 1 aliphatic rings. The molecule has 0 bridgehead atoms. The van der Waals surface area contributed by atoms with Gasteiger partial charge < -0.3 is 4.74 Å². The number of nitrogens with zero attached hydrogens (tertiary/aromatic N) is 2. The van der Waals surface area contributed by atoms with E-state index in [4.69, 9.17) is 4.74 Å². The third-order valence-corrected chi connectivity index (χ3v) is 4.52. The Morgan fingerprint density at radius 1 is 1.13 bits per heavy atom. The molecule has 1 aliphatic carbocycles. The van der Waals surface area contributed by atoms with Crippen molar-refractivity contribution in [1.82, 2.24) is 9.97 Å². The van der Waals surface area contributed by atoms with Crippen LogP contribution in [0.15, 0.2) is 60.7 Å². The van der Waals surface area contributed by atoms with E-state index in [0.29, 0.717) is 29.2 Å². The molecule has 3 rings (SSSR count). The number of ether oxygens (including phenoxy) is 1. The van der Waals surface area contributed by atoms with Crippen LogP contribution in [0.3, 0.4) is 0 Å². The Bertz CT molecular complexity index is 993. The highest BCUT2D eigenvalue weighted by atomic mass is 19.3. The molecule has 30 heavy (non-hydrogen) atoms. The van der Waals surface area contributed by atoms with Crippen LogP contribution in [0, 0.1) is 0 Å². The van der Waals surface area contributed by atoms with Crippen LogP contribution in [-0.4, -0.2) is 21.9 Å². The number of allylic oxidation sites excluding steroid dienone is 6. The lowest BCUT2D eigenvalue weighted by Crippen LogP contribution is -2.24. The van der Waals surface area contributed by atoms with E-state index in [1.165, 1.54) is 19.1 Å². The molecule has 0 N–H and O–H groups in total. The van der Waals surface area contributed by atoms with Crippen LogP contribution in [0.1, 0.15) is 55.8 Å². The van der Waals surface area contributed by atoms with E-state index >= 15 is 0 Å². The summed E-state index contributed by atoms with van der Waals surface area (Å²) in [6.07, 6.45) is 8.44. The Kier molecular flexibility index (Phi) is 6.87. The molecule has 0 amide bonds. The molecule has 0 spiro atoms. The van der Waals surface area contributed by atoms with E-state index in [0.717, 1.165) is 18.4 Å². The largest absolute Gasteiger partial charge is 0.433 e. The van der Waals surface area contributed by atoms with Gasteiger partial charge in [0.05, 0.1) is 12.1 Å². The fourth-order valence-corrected chi connectivity index (χ4v) is 3.02. The van der Waals surface area contributed by atoms with Crippen molar-refractivity contribution >= 4 is 11.4 Å². The van der Waals surface area contributed by atoms with E-state index in [1.807, 2.05) is 24.3 Å². The number of rotatable bonds is 7. The van der Waals surface area contributed by atoms with Crippen molar-refractivity contribution in [2.45, 2.75) is 45.6 Å². The summed E-state index contributed by atoms with van der Waals surface area (Å²) in [6, 6.07) is 7.87. The average molecular weight is 410 g/mol. The lowest BCUT2D eigenvalue weighted by atomic mass is 10.1. The topological polar surface area (TPSA) is 52.1 Å². The van der Waals surface area contributed by atoms with Crippen LogP contribution >= 0.6 is 0 Å². The monoisotopic (exact) mass is 410 g/mol. The molecule has 0 atom stereocenters. The number of carbonyl (C=O) groups is 1. The zero-order chi connectivity index (χ0) is 21.6. The van der Waals surface area contributed by atoms with Crippen molar-refractivity contribution < 1.29 is 18.3 Å². The lowest BCUT2D eigenvalue weighted by molar-refractivity contribution is -0.180. The summed E-state index contributed by atoms with van der Waals surface area (Å²) < 4.78 is 32.2. The molecular formula is C24H24F2N2O2. The zero-order valence-corrected chi connectivity index (χ0v) is 17.1. The second-order valence-electron chi connectivity index (χ2n) is 7.06. The zero-order valence-electron chi connectivity index (χ0n) is 17.1. The summed E-state index contributed by atoms with van der Waals surface area (Å²) in [7, 11) is 0. The fourth-order valence-electron chi connectivity index (χ4n) is 3.02. The van der Waals surface area contributed by atoms with E-state index < -0.39 is 6.11 Å². The maximum absolute atomic E-state index is 13.7. The van der Waals surface area contributed by atoms with Crippen LogP contribution in [0.4, 0.5) is 8.78 Å². The SMILES string of the molecule is CCCC(F)(F)Oc1ccc(-c2cc(C(C)=O)nc(C3=CCC/C=C/C=C3)n2)cc1. The quantitative estimate of drug-likeness (QED) is 0.495. The van der Waals surface area contributed by atoms with E-state index in [9.17, 15) is 13.6 Å². The number of aromatic nitrogens is 2. The third-order valence-electron chi connectivity index (χ3n) is 4.52. The number of alkyl halides is 2. The summed E-state index contributed by atoms with van der Waals surface area (Å²) >= 11 is 0. The summed E-state index contributed by atoms with van der Waals surface area (Å²) in [5.41, 5.74) is 2.37. The predicted octanol–water partition coefficient (Wildman–Crippen LogP) is 6.41. The molecule has 2 aromatic rings. The van der Waals surface area contributed by atoms with Gasteiger partial charge in [0.25, 0.3) is 0 Å². The molecule has 1 heterocycles. The minimum absolute atomic E-state index is 0.0794. The van der Waals surface area contributed by atoms with Gasteiger partial charge in [-0.1, -0.05) is 37.3 Å². The number of halogens is 2. The number of benzene rings is 1. The van der Waals surface area contributed by atoms with Gasteiger partial charge in [0, 0.05) is 18.1 Å². The van der Waals surface area contributed by atoms with E-state index in [2.05, 4.69) is 16.0 Å². The van der Waals surface area contributed by atoms with Crippen molar-refractivity contribution in [2.75, 3.05) is 0 Å². The summed E-state index contributed by atoms with van der Waals surface area (Å²) in [5.74, 6) is 0.365. The minimum Gasteiger partial charge on any atom is -0.433 e. The van der Waals surface area contributed by atoms with Crippen LogP contribution in [0.2, 0.25) is 0 Å². The first-order valence-electron chi connectivity index (χ1n) is 9.99. The van der Waals surface area contributed by atoms with Gasteiger partial charge in [-0.05, 0) is 49.6 Å². The van der Waals surface area contributed by atoms with Gasteiger partial charge >= 0.3 is 6.11 Å². The molecule has 1 aromatic heterocycles. The van der Waals surface area contributed by atoms with Gasteiger partial charge in [-0.3, -0.25) is 4.79 Å². The molecule has 0 aliphatic heterocycles. The second-order valence-corrected chi connectivity index (χ2v) is 7.06. The average Bonchev–Trinajstić information content (AvgIpc) is 2.67. The molecular weight excluding hydrogens is 386 g/mol. The Labute approximate surface area is 175 Å². The first kappa shape index (κ1) is 21.6. The molecule has 156 valence electrons. The van der Waals surface area contributed by atoms with Crippen molar-refractivity contribution in [1.29, 1.82) is 0 Å². The Balaban J connectivity index is 1.94. The van der Waals surface area contributed by atoms with Crippen LogP contribution < -0.4 is 4.74 Å². The third kappa shape index (κ3) is 5.69. The molecule has 0 saturated carbocycles. The predicted molar refractivity (Wildman–Crippen MR) is 113 cm³/mol. The molecule has 0 unspecified atom stereocenters. The Morgan fingerprint density at radius 2 is 1.90 bits per heavy atom. The van der Waals surface area contributed by atoms with Gasteiger partial charge in [-0.15, -0.1) is 0 Å². The number of carbonyl (C=O) groups excluding carboxylic acids is 1. The molecule has 0 radical (unpaired) electrons. The lowest BCUT2D eigenvalue weighted by Gasteiger charge is -2.17. The molecule has 6 heteroatoms. The van der Waals surface area contributed by atoms with Gasteiger partial charge in [0.1, 0.15) is 11.4 Å². The summed E-state index contributed by atoms with van der Waals surface area (Å²) in [5, 5.41) is 0. The van der Waals surface area contributed by atoms with Crippen LogP contribution in [0.25, 0.3) is 16.8 Å². The second kappa shape index (κ2) is 9.57. The summed E-state index contributed by atoms with van der Waals surface area (Å²) in [6.45, 7) is 3.13. The van der Waals surface area contributed by atoms with Crippen LogP contribution in [0.5, 0.6) is 5.75 Å². The number of hydrogen-bond donors (Lipinski definition) is 0. The Hall–Kier alpha value is -3.15. The first-order chi connectivity index (χ1) is 14.4. The van der Waals surface area contributed by atoms with Gasteiger partial charge in [-0.2, -0.15) is 8.78 Å². The minimum atomic E-state index is -3.20. The summed E-state index contributed by atoms with van der Waals surface area (Å²) in [4.78, 5) is 21.0. The smallest absolute Gasteiger partial charge is 0.397 e. The highest BCUT2D eigenvalue weighted by Crippen LogP contribution is 2.28. The van der Waals surface area contributed by atoms with Gasteiger partial charge in [-0.25, -0.2) is 9.97 Å². The normalized spacial score (nSPS) is 15.1. The standard InChI is InChI=1S/C24H24F2N2O2/c1-3-15-24(25,26)30-20-13-11-18(12-14-20)22-16-21(17(2)29)27-23(28-22)19-9-7-5-4-6-8-10-19/h4-5,7,9-14,16H,3,6,8,15H2,1-2H3/b5-4+,9-7?,19-10?. The first-order valence-corrected chi connectivity index (χ1v) is 9.99. The number of Topliss-reactive ketones (excluding diaryl/α,β-unsaturated/α-hetero) is 1. The van der Waals surface area contributed by atoms with Gasteiger partial charge in [0.2, 0.25) is 0 Å². The Morgan fingerprint density at radius 3 is 2.60 bits per heavy atom. The van der Waals surface area contributed by atoms with Crippen molar-refractivity contribution in [2.24, 2.45) is 0 Å².